The molecule has 1 saturated heterocycles. The van der Waals surface area contributed by atoms with Crippen LogP contribution in [0.3, 0.4) is 0 Å². The van der Waals surface area contributed by atoms with Crippen molar-refractivity contribution in [2.75, 3.05) is 6.54 Å². The maximum Gasteiger partial charge on any atom is 0.0957 e. The molecule has 2 atom stereocenters. The van der Waals surface area contributed by atoms with Crippen molar-refractivity contribution in [3.63, 3.8) is 0 Å². The van der Waals surface area contributed by atoms with E-state index in [4.69, 9.17) is 0 Å². The number of nitrogens with one attached hydrogen (secondary N) is 1. The van der Waals surface area contributed by atoms with Gasteiger partial charge in [0.25, 0.3) is 0 Å². The fourth-order valence-corrected chi connectivity index (χ4v) is 1.76. The number of rotatable bonds is 2. The third kappa shape index (κ3) is 1.87. The Bertz CT molecular complexity index is 257. The molecule has 0 aromatic carbocycles. The Morgan fingerprint density at radius 1 is 1.62 bits per heavy atom. The number of nitrogens with zero attached hydrogens (tertiary/aromatic N) is 1. The van der Waals surface area contributed by atoms with Crippen LogP contribution in [0, 0.1) is 0 Å². The van der Waals surface area contributed by atoms with Crippen LogP contribution in [0.4, 0.5) is 0 Å². The molecule has 2 heterocycles. The van der Waals surface area contributed by atoms with E-state index in [1.165, 1.54) is 0 Å². The van der Waals surface area contributed by atoms with E-state index >= 15 is 0 Å². The topological polar surface area (TPSA) is 45.2 Å². The number of pyridine rings is 1. The predicted octanol–water partition coefficient (Wildman–Crippen LogP) is 0.867. The van der Waals surface area contributed by atoms with E-state index in [0.29, 0.717) is 0 Å². The van der Waals surface area contributed by atoms with Gasteiger partial charge in [-0.1, -0.05) is 6.07 Å². The van der Waals surface area contributed by atoms with E-state index in [-0.39, 0.29) is 6.04 Å². The number of aliphatic hydroxyl groups excluding tert-OH is 1. The molecule has 70 valence electrons. The monoisotopic (exact) mass is 178 g/mol. The molecule has 1 aromatic heterocycles. The lowest BCUT2D eigenvalue weighted by Gasteiger charge is -2.17. The van der Waals surface area contributed by atoms with Crippen LogP contribution in [0.1, 0.15) is 24.5 Å². The van der Waals surface area contributed by atoms with Gasteiger partial charge in [0.2, 0.25) is 0 Å². The highest BCUT2D eigenvalue weighted by Crippen LogP contribution is 2.21. The summed E-state index contributed by atoms with van der Waals surface area (Å²) in [6.07, 6.45) is 5.25. The number of hydrogen-bond donors (Lipinski definition) is 2. The summed E-state index contributed by atoms with van der Waals surface area (Å²) in [5.74, 6) is 0. The molecule has 0 bridgehead atoms. The summed E-state index contributed by atoms with van der Waals surface area (Å²) in [7, 11) is 0. The molecule has 1 aliphatic rings. The molecule has 0 saturated carbocycles. The SMILES string of the molecule is O[C@@H](c1cccnc1)[C@H]1CCCN1. The van der Waals surface area contributed by atoms with Gasteiger partial charge >= 0.3 is 0 Å². The van der Waals surface area contributed by atoms with E-state index in [2.05, 4.69) is 10.3 Å². The maximum absolute atomic E-state index is 9.92. The van der Waals surface area contributed by atoms with Crippen LogP contribution in [0.2, 0.25) is 0 Å². The quantitative estimate of drug-likeness (QED) is 0.706. The zero-order valence-electron chi connectivity index (χ0n) is 7.48. The van der Waals surface area contributed by atoms with Crippen molar-refractivity contribution < 1.29 is 5.11 Å². The minimum absolute atomic E-state index is 0.212. The van der Waals surface area contributed by atoms with Gasteiger partial charge in [0.05, 0.1) is 6.10 Å². The van der Waals surface area contributed by atoms with Crippen molar-refractivity contribution in [2.24, 2.45) is 0 Å². The average Bonchev–Trinajstić information content (AvgIpc) is 2.71. The molecule has 2 rings (SSSR count). The standard InChI is InChI=1S/C10H14N2O/c13-10(9-4-2-6-12-9)8-3-1-5-11-7-8/h1,3,5,7,9-10,12-13H,2,4,6H2/t9-,10+/m1/s1. The molecule has 1 fully saturated rings. The maximum atomic E-state index is 9.92. The van der Waals surface area contributed by atoms with E-state index in [0.717, 1.165) is 24.9 Å². The molecule has 3 nitrogen and oxygen atoms in total. The molecule has 1 aromatic rings. The Kier molecular flexibility index (Phi) is 2.57. The lowest BCUT2D eigenvalue weighted by Crippen LogP contribution is -2.28. The fraction of sp³-hybridized carbons (Fsp3) is 0.500. The average molecular weight is 178 g/mol. The highest BCUT2D eigenvalue weighted by Gasteiger charge is 2.23. The molecule has 0 amide bonds. The second-order valence-corrected chi connectivity index (χ2v) is 3.43. The molecule has 0 spiro atoms. The molecule has 13 heavy (non-hydrogen) atoms. The van der Waals surface area contributed by atoms with Crippen LogP contribution in [0.15, 0.2) is 24.5 Å². The Hall–Kier alpha value is -0.930. The van der Waals surface area contributed by atoms with E-state index < -0.39 is 6.10 Å². The van der Waals surface area contributed by atoms with Crippen molar-refractivity contribution in [2.45, 2.75) is 25.0 Å². The van der Waals surface area contributed by atoms with Gasteiger partial charge in [0.1, 0.15) is 0 Å². The van der Waals surface area contributed by atoms with E-state index in [1.54, 1.807) is 12.4 Å². The van der Waals surface area contributed by atoms with Crippen LogP contribution in [0.25, 0.3) is 0 Å². The summed E-state index contributed by atoms with van der Waals surface area (Å²) in [5, 5.41) is 13.2. The Labute approximate surface area is 77.8 Å². The second kappa shape index (κ2) is 3.85. The summed E-state index contributed by atoms with van der Waals surface area (Å²) in [6.45, 7) is 1.02. The first-order valence-corrected chi connectivity index (χ1v) is 4.69. The number of aromatic nitrogens is 1. The van der Waals surface area contributed by atoms with Crippen molar-refractivity contribution in [3.8, 4) is 0 Å². The predicted molar refractivity (Wildman–Crippen MR) is 50.2 cm³/mol. The summed E-state index contributed by atoms with van der Waals surface area (Å²) in [4.78, 5) is 3.99. The summed E-state index contributed by atoms with van der Waals surface area (Å²) in [6, 6.07) is 3.98. The van der Waals surface area contributed by atoms with Crippen LogP contribution >= 0.6 is 0 Å². The van der Waals surface area contributed by atoms with E-state index in [9.17, 15) is 5.11 Å². The van der Waals surface area contributed by atoms with Crippen molar-refractivity contribution in [3.05, 3.63) is 30.1 Å². The molecule has 2 N–H and O–H groups in total. The van der Waals surface area contributed by atoms with Crippen LogP contribution < -0.4 is 5.32 Å². The summed E-state index contributed by atoms with van der Waals surface area (Å²) < 4.78 is 0. The van der Waals surface area contributed by atoms with Crippen molar-refractivity contribution in [1.82, 2.24) is 10.3 Å². The second-order valence-electron chi connectivity index (χ2n) is 3.43. The van der Waals surface area contributed by atoms with Crippen LogP contribution in [-0.4, -0.2) is 22.7 Å². The Balaban J connectivity index is 2.08. The third-order valence-corrected chi connectivity index (χ3v) is 2.51. The minimum atomic E-state index is -0.406. The molecule has 0 radical (unpaired) electrons. The largest absolute Gasteiger partial charge is 0.387 e. The molecule has 0 aliphatic carbocycles. The summed E-state index contributed by atoms with van der Waals surface area (Å²) in [5.41, 5.74) is 0.905. The Morgan fingerprint density at radius 2 is 2.54 bits per heavy atom. The van der Waals surface area contributed by atoms with Gasteiger partial charge in [-0.25, -0.2) is 0 Å². The number of aliphatic hydroxyl groups is 1. The molecule has 0 unspecified atom stereocenters. The van der Waals surface area contributed by atoms with Gasteiger partial charge in [-0.15, -0.1) is 0 Å². The molecular weight excluding hydrogens is 164 g/mol. The molecule has 3 heteroatoms. The first-order chi connectivity index (χ1) is 6.38. The van der Waals surface area contributed by atoms with Crippen molar-refractivity contribution in [1.29, 1.82) is 0 Å². The van der Waals surface area contributed by atoms with Gasteiger partial charge < -0.3 is 10.4 Å². The molecular formula is C10H14N2O. The normalized spacial score (nSPS) is 24.5. The zero-order chi connectivity index (χ0) is 9.10. The third-order valence-electron chi connectivity index (χ3n) is 2.51. The van der Waals surface area contributed by atoms with Crippen LogP contribution in [0.5, 0.6) is 0 Å². The first-order valence-electron chi connectivity index (χ1n) is 4.69. The lowest BCUT2D eigenvalue weighted by atomic mass is 10.0. The highest BCUT2D eigenvalue weighted by molar-refractivity contribution is 5.14. The van der Waals surface area contributed by atoms with Crippen LogP contribution in [-0.2, 0) is 0 Å². The fourth-order valence-electron chi connectivity index (χ4n) is 1.76. The smallest absolute Gasteiger partial charge is 0.0957 e. The van der Waals surface area contributed by atoms with Gasteiger partial charge in [-0.2, -0.15) is 0 Å². The van der Waals surface area contributed by atoms with Crippen molar-refractivity contribution >= 4 is 0 Å². The van der Waals surface area contributed by atoms with Gasteiger partial charge in [-0.3, -0.25) is 4.98 Å². The summed E-state index contributed by atoms with van der Waals surface area (Å²) >= 11 is 0. The highest BCUT2D eigenvalue weighted by atomic mass is 16.3. The number of hydrogen-bond acceptors (Lipinski definition) is 3. The van der Waals surface area contributed by atoms with Gasteiger partial charge in [0, 0.05) is 24.0 Å². The van der Waals surface area contributed by atoms with E-state index in [1.807, 2.05) is 12.1 Å². The zero-order valence-corrected chi connectivity index (χ0v) is 7.48. The lowest BCUT2D eigenvalue weighted by molar-refractivity contribution is 0.137. The first kappa shape index (κ1) is 8.66. The van der Waals surface area contributed by atoms with Gasteiger partial charge in [0.15, 0.2) is 0 Å². The van der Waals surface area contributed by atoms with Gasteiger partial charge in [-0.05, 0) is 25.5 Å². The minimum Gasteiger partial charge on any atom is -0.387 e. The Morgan fingerprint density at radius 3 is 3.15 bits per heavy atom. The molecule has 1 aliphatic heterocycles.